The number of carbonyl (C=O) groups excluding carboxylic acids is 1. The molecule has 2 fully saturated rings. The first kappa shape index (κ1) is 14.6. The molecule has 1 N–H and O–H groups in total. The van der Waals surface area contributed by atoms with E-state index < -0.39 is 0 Å². The number of carbonyl (C=O) groups is 1. The molecule has 5 rings (SSSR count). The number of aromatic nitrogens is 3. The van der Waals surface area contributed by atoms with E-state index in [1.165, 1.54) is 0 Å². The topological polar surface area (TPSA) is 81.5 Å². The second-order valence-electron chi connectivity index (χ2n) is 6.80. The molecular weight excluding hydrogens is 322 g/mol. The first-order valence-corrected chi connectivity index (χ1v) is 8.63. The molecule has 0 saturated carbocycles. The van der Waals surface area contributed by atoms with E-state index in [0.717, 1.165) is 31.4 Å². The highest BCUT2D eigenvalue weighted by Gasteiger charge is 2.44. The van der Waals surface area contributed by atoms with Gasteiger partial charge in [-0.1, -0.05) is 5.21 Å². The zero-order chi connectivity index (χ0) is 16.8. The number of nitrogens with zero attached hydrogens (tertiary/aromatic N) is 4. The molecule has 3 aliphatic rings. The van der Waals surface area contributed by atoms with Crippen LogP contribution in [-0.2, 0) is 0 Å². The molecule has 130 valence electrons. The van der Waals surface area contributed by atoms with Crippen LogP contribution >= 0.6 is 0 Å². The van der Waals surface area contributed by atoms with Gasteiger partial charge in [-0.2, -0.15) is 0 Å². The molecule has 0 aliphatic carbocycles. The highest BCUT2D eigenvalue weighted by molar-refractivity contribution is 5.90. The molecule has 2 aromatic rings. The van der Waals surface area contributed by atoms with Gasteiger partial charge in [0.25, 0.3) is 0 Å². The smallest absolute Gasteiger partial charge is 0.322 e. The van der Waals surface area contributed by atoms with Crippen LogP contribution in [0.5, 0.6) is 11.5 Å². The van der Waals surface area contributed by atoms with Crippen LogP contribution in [0.25, 0.3) is 0 Å². The summed E-state index contributed by atoms with van der Waals surface area (Å²) in [6.07, 6.45) is 7.56. The van der Waals surface area contributed by atoms with E-state index in [0.29, 0.717) is 17.5 Å². The van der Waals surface area contributed by atoms with Crippen LogP contribution in [0.15, 0.2) is 30.6 Å². The van der Waals surface area contributed by atoms with Crippen LogP contribution in [0.1, 0.15) is 31.7 Å². The Kier molecular flexibility index (Phi) is 3.29. The number of benzene rings is 1. The van der Waals surface area contributed by atoms with E-state index in [1.54, 1.807) is 6.20 Å². The summed E-state index contributed by atoms with van der Waals surface area (Å²) < 4.78 is 12.6. The summed E-state index contributed by atoms with van der Waals surface area (Å²) in [5.74, 6) is 1.39. The minimum Gasteiger partial charge on any atom is -0.454 e. The summed E-state index contributed by atoms with van der Waals surface area (Å²) in [6.45, 7) is 0.229. The van der Waals surface area contributed by atoms with Crippen LogP contribution in [0.3, 0.4) is 0 Å². The second kappa shape index (κ2) is 5.65. The van der Waals surface area contributed by atoms with Crippen molar-refractivity contribution in [2.24, 2.45) is 0 Å². The van der Waals surface area contributed by atoms with Crippen LogP contribution in [-0.4, -0.2) is 44.8 Å². The Hall–Kier alpha value is -2.77. The van der Waals surface area contributed by atoms with Crippen molar-refractivity contribution in [3.8, 4) is 11.5 Å². The highest BCUT2D eigenvalue weighted by Crippen LogP contribution is 2.41. The molecule has 2 saturated heterocycles. The maximum Gasteiger partial charge on any atom is 0.322 e. The van der Waals surface area contributed by atoms with Crippen molar-refractivity contribution in [1.29, 1.82) is 0 Å². The third-order valence-corrected chi connectivity index (χ3v) is 5.38. The number of piperidine rings is 1. The number of nitrogens with one attached hydrogen (secondary N) is 1. The number of anilines is 1. The summed E-state index contributed by atoms with van der Waals surface area (Å²) in [6, 6.07) is 6.27. The van der Waals surface area contributed by atoms with E-state index in [9.17, 15) is 4.79 Å². The fourth-order valence-corrected chi connectivity index (χ4v) is 4.27. The Morgan fingerprint density at radius 3 is 2.68 bits per heavy atom. The molecule has 3 aliphatic heterocycles. The fourth-order valence-electron chi connectivity index (χ4n) is 4.27. The van der Waals surface area contributed by atoms with E-state index in [2.05, 4.69) is 15.6 Å². The lowest BCUT2D eigenvalue weighted by atomic mass is 9.98. The van der Waals surface area contributed by atoms with Crippen molar-refractivity contribution < 1.29 is 14.3 Å². The molecule has 1 aromatic heterocycles. The zero-order valence-electron chi connectivity index (χ0n) is 13.7. The minimum absolute atomic E-state index is 0.0385. The minimum atomic E-state index is -0.0385. The molecule has 8 heteroatoms. The van der Waals surface area contributed by atoms with Gasteiger partial charge in [0.05, 0.1) is 12.2 Å². The van der Waals surface area contributed by atoms with Gasteiger partial charge >= 0.3 is 6.03 Å². The van der Waals surface area contributed by atoms with Gasteiger partial charge in [0.1, 0.15) is 0 Å². The standard InChI is InChI=1S/C17H19N5O3/c23-17(19-11-1-4-15-16(7-11)25-10-24-15)22-12-2-3-13(22)9-14(8-12)21-6-5-18-20-21/h1,4-7,12-14H,2-3,8-10H2,(H,19,23). The van der Waals surface area contributed by atoms with Gasteiger partial charge < -0.3 is 19.7 Å². The third kappa shape index (κ3) is 2.48. The van der Waals surface area contributed by atoms with Crippen LogP contribution in [0.4, 0.5) is 10.5 Å². The number of rotatable bonds is 2. The van der Waals surface area contributed by atoms with Crippen molar-refractivity contribution in [3.05, 3.63) is 30.6 Å². The Bertz CT molecular complexity index is 780. The van der Waals surface area contributed by atoms with E-state index in [-0.39, 0.29) is 24.9 Å². The fraction of sp³-hybridized carbons (Fsp3) is 0.471. The number of ether oxygens (including phenoxy) is 2. The SMILES string of the molecule is O=C(Nc1ccc2c(c1)OCO2)N1C2CCC1CC(n1ccnn1)C2. The molecule has 25 heavy (non-hydrogen) atoms. The number of hydrogen-bond donors (Lipinski definition) is 1. The molecule has 2 amide bonds. The molecule has 1 aromatic carbocycles. The highest BCUT2D eigenvalue weighted by atomic mass is 16.7. The van der Waals surface area contributed by atoms with Crippen LogP contribution in [0.2, 0.25) is 0 Å². The molecule has 2 bridgehead atoms. The Morgan fingerprint density at radius 1 is 1.12 bits per heavy atom. The van der Waals surface area contributed by atoms with Crippen molar-refractivity contribution in [3.63, 3.8) is 0 Å². The lowest BCUT2D eigenvalue weighted by Gasteiger charge is -2.38. The normalized spacial score (nSPS) is 26.7. The molecule has 8 nitrogen and oxygen atoms in total. The second-order valence-corrected chi connectivity index (χ2v) is 6.80. The predicted molar refractivity (Wildman–Crippen MR) is 88.5 cm³/mol. The lowest BCUT2D eigenvalue weighted by molar-refractivity contribution is 0.129. The third-order valence-electron chi connectivity index (χ3n) is 5.38. The maximum absolute atomic E-state index is 12.8. The van der Waals surface area contributed by atoms with Crippen molar-refractivity contribution in [2.75, 3.05) is 12.1 Å². The van der Waals surface area contributed by atoms with Crippen molar-refractivity contribution in [2.45, 2.75) is 43.8 Å². The van der Waals surface area contributed by atoms with Crippen molar-refractivity contribution in [1.82, 2.24) is 19.9 Å². The summed E-state index contributed by atoms with van der Waals surface area (Å²) >= 11 is 0. The quantitative estimate of drug-likeness (QED) is 0.907. The average molecular weight is 341 g/mol. The van der Waals surface area contributed by atoms with Gasteiger partial charge in [-0.15, -0.1) is 5.10 Å². The lowest BCUT2D eigenvalue weighted by Crippen LogP contribution is -2.48. The summed E-state index contributed by atoms with van der Waals surface area (Å²) in [7, 11) is 0. The number of urea groups is 1. The van der Waals surface area contributed by atoms with Crippen LogP contribution < -0.4 is 14.8 Å². The molecule has 2 unspecified atom stereocenters. The zero-order valence-corrected chi connectivity index (χ0v) is 13.7. The number of amides is 2. The molecule has 0 radical (unpaired) electrons. The molecular formula is C17H19N5O3. The van der Waals surface area contributed by atoms with E-state index in [4.69, 9.17) is 9.47 Å². The first-order valence-electron chi connectivity index (χ1n) is 8.63. The number of fused-ring (bicyclic) bond motifs is 3. The summed E-state index contributed by atoms with van der Waals surface area (Å²) in [5, 5.41) is 11.0. The summed E-state index contributed by atoms with van der Waals surface area (Å²) in [5.41, 5.74) is 0.729. The molecule has 2 atom stereocenters. The van der Waals surface area contributed by atoms with Gasteiger partial charge in [0.15, 0.2) is 11.5 Å². The number of hydrogen-bond acceptors (Lipinski definition) is 5. The Labute approximate surface area is 144 Å². The van der Waals surface area contributed by atoms with E-state index >= 15 is 0 Å². The Balaban J connectivity index is 1.30. The maximum atomic E-state index is 12.8. The first-order chi connectivity index (χ1) is 12.3. The molecule has 4 heterocycles. The van der Waals surface area contributed by atoms with Gasteiger partial charge in [-0.25, -0.2) is 9.48 Å². The van der Waals surface area contributed by atoms with Gasteiger partial charge in [0, 0.05) is 30.0 Å². The van der Waals surface area contributed by atoms with Gasteiger partial charge in [0.2, 0.25) is 6.79 Å². The molecule has 0 spiro atoms. The Morgan fingerprint density at radius 2 is 1.92 bits per heavy atom. The van der Waals surface area contributed by atoms with E-state index in [1.807, 2.05) is 34.0 Å². The monoisotopic (exact) mass is 341 g/mol. The summed E-state index contributed by atoms with van der Waals surface area (Å²) in [4.78, 5) is 14.8. The predicted octanol–water partition coefficient (Wildman–Crippen LogP) is 2.41. The average Bonchev–Trinajstić information content (AvgIpc) is 3.34. The van der Waals surface area contributed by atoms with Crippen molar-refractivity contribution >= 4 is 11.7 Å². The largest absolute Gasteiger partial charge is 0.454 e. The van der Waals surface area contributed by atoms with Gasteiger partial charge in [-0.3, -0.25) is 0 Å². The van der Waals surface area contributed by atoms with Crippen LogP contribution in [0, 0.1) is 0 Å². The van der Waals surface area contributed by atoms with Gasteiger partial charge in [-0.05, 0) is 37.8 Å².